The smallest absolute Gasteiger partial charge is 0.252 e. The van der Waals surface area contributed by atoms with Crippen LogP contribution in [0, 0.1) is 0 Å². The highest BCUT2D eigenvalue weighted by Crippen LogP contribution is 2.43. The maximum absolute atomic E-state index is 2.55. The average Bonchev–Trinajstić information content (AvgIpc) is 3.53. The van der Waals surface area contributed by atoms with Gasteiger partial charge in [0.05, 0.1) is 16.6 Å². The number of rotatable bonds is 1. The van der Waals surface area contributed by atoms with E-state index in [0.29, 0.717) is 0 Å². The molecule has 0 saturated carbocycles. The van der Waals surface area contributed by atoms with Crippen LogP contribution in [0.1, 0.15) is 0 Å². The summed E-state index contributed by atoms with van der Waals surface area (Å²) in [6.45, 7) is 0.181. The Morgan fingerprint density at radius 2 is 1.10 bits per heavy atom. The molecule has 178 valence electrons. The molecule has 4 heterocycles. The van der Waals surface area contributed by atoms with E-state index in [-0.39, 0.29) is 6.71 Å². The van der Waals surface area contributed by atoms with Gasteiger partial charge >= 0.3 is 0 Å². The molecule has 2 aliphatic rings. The monoisotopic (exact) mass is 492 g/mol. The van der Waals surface area contributed by atoms with Crippen molar-refractivity contribution in [1.29, 1.82) is 0 Å². The Labute approximate surface area is 225 Å². The normalized spacial score (nSPS) is 13.1. The highest BCUT2D eigenvalue weighted by molar-refractivity contribution is 7.00. The Kier molecular flexibility index (Phi) is 3.54. The van der Waals surface area contributed by atoms with Crippen molar-refractivity contribution in [3.05, 3.63) is 127 Å². The fraction of sp³-hybridized carbons (Fsp3) is 0. The van der Waals surface area contributed by atoms with Crippen LogP contribution in [-0.2, 0) is 0 Å². The van der Waals surface area contributed by atoms with Gasteiger partial charge in [-0.2, -0.15) is 0 Å². The van der Waals surface area contributed by atoms with E-state index in [0.717, 1.165) is 0 Å². The van der Waals surface area contributed by atoms with Gasteiger partial charge in [-0.3, -0.25) is 0 Å². The van der Waals surface area contributed by atoms with E-state index in [4.69, 9.17) is 0 Å². The maximum atomic E-state index is 2.55. The topological polar surface area (TPSA) is 9.86 Å². The second kappa shape index (κ2) is 6.89. The summed E-state index contributed by atoms with van der Waals surface area (Å²) < 4.78 is 5.09. The molecule has 0 N–H and O–H groups in total. The molecule has 0 bridgehead atoms. The summed E-state index contributed by atoms with van der Waals surface area (Å²) in [7, 11) is 0. The lowest BCUT2D eigenvalue weighted by molar-refractivity contribution is 1.16. The first-order chi connectivity index (χ1) is 19.4. The summed E-state index contributed by atoms with van der Waals surface area (Å²) >= 11 is 0. The maximum Gasteiger partial charge on any atom is 0.252 e. The Hall–Kier alpha value is -5.02. The quantitative estimate of drug-likeness (QED) is 0.226. The average molecular weight is 492 g/mol. The summed E-state index contributed by atoms with van der Waals surface area (Å²) in [6.07, 6.45) is 0. The molecule has 2 nitrogen and oxygen atoms in total. The van der Waals surface area contributed by atoms with Crippen molar-refractivity contribution < 1.29 is 0 Å². The lowest BCUT2D eigenvalue weighted by Gasteiger charge is -2.33. The molecule has 0 fully saturated rings. The number of fused-ring (bicyclic) bond motifs is 11. The van der Waals surface area contributed by atoms with Crippen molar-refractivity contribution >= 4 is 66.7 Å². The highest BCUT2D eigenvalue weighted by Gasteiger charge is 2.41. The number of hydrogen-bond donors (Lipinski definition) is 0. The van der Waals surface area contributed by atoms with Crippen LogP contribution in [0.15, 0.2) is 127 Å². The lowest BCUT2D eigenvalue weighted by atomic mass is 9.34. The number of hydrogen-bond acceptors (Lipinski definition) is 0. The predicted octanol–water partition coefficient (Wildman–Crippen LogP) is 6.69. The van der Waals surface area contributed by atoms with Gasteiger partial charge in [0.1, 0.15) is 0 Å². The third-order valence-electron chi connectivity index (χ3n) is 9.10. The number of aromatic nitrogens is 2. The third kappa shape index (κ3) is 2.27. The van der Waals surface area contributed by atoms with Crippen LogP contribution < -0.4 is 16.4 Å². The zero-order valence-electron chi connectivity index (χ0n) is 21.1. The number of benzene rings is 6. The van der Waals surface area contributed by atoms with Gasteiger partial charge in [-0.15, -0.1) is 0 Å². The minimum absolute atomic E-state index is 0.181. The standard InChI is InChI=1S/C36H21BN2/c1-2-11-22(12-3-1)26-21-32-34-36-33(26)25-14-5-8-19-30(25)38(36)31-20-9-6-16-27(31)37(34)28-17-10-15-24-23-13-4-7-18-29(23)39(32)35(24)28/h1-21H. The largest absolute Gasteiger partial charge is 0.310 e. The first-order valence-corrected chi connectivity index (χ1v) is 13.7. The van der Waals surface area contributed by atoms with Crippen LogP contribution in [0.5, 0.6) is 0 Å². The molecule has 0 unspecified atom stereocenters. The Balaban J connectivity index is 1.55. The SMILES string of the molecule is c1ccc(-c2cc3c4c5c2c2ccccc2n5-c2ccccc2B4c2cccc4c5ccccc5n-3c24)cc1. The molecule has 6 aromatic carbocycles. The van der Waals surface area contributed by atoms with E-state index in [9.17, 15) is 0 Å². The first-order valence-electron chi connectivity index (χ1n) is 13.7. The van der Waals surface area contributed by atoms with E-state index in [2.05, 4.69) is 137 Å². The van der Waals surface area contributed by atoms with Gasteiger partial charge in [0.2, 0.25) is 0 Å². The molecule has 0 aliphatic carbocycles. The summed E-state index contributed by atoms with van der Waals surface area (Å²) in [5.74, 6) is 0. The molecule has 0 radical (unpaired) electrons. The second-order valence-corrected chi connectivity index (χ2v) is 10.9. The van der Waals surface area contributed by atoms with Crippen molar-refractivity contribution in [2.45, 2.75) is 0 Å². The van der Waals surface area contributed by atoms with Gasteiger partial charge in [0.25, 0.3) is 6.71 Å². The second-order valence-electron chi connectivity index (χ2n) is 10.9. The Morgan fingerprint density at radius 3 is 1.97 bits per heavy atom. The molecule has 0 amide bonds. The van der Waals surface area contributed by atoms with E-state index < -0.39 is 0 Å². The zero-order valence-corrected chi connectivity index (χ0v) is 21.1. The van der Waals surface area contributed by atoms with Gasteiger partial charge in [-0.1, -0.05) is 103 Å². The number of para-hydroxylation sites is 4. The lowest BCUT2D eigenvalue weighted by Crippen LogP contribution is -2.59. The molecule has 3 heteroatoms. The van der Waals surface area contributed by atoms with Crippen molar-refractivity contribution in [1.82, 2.24) is 9.13 Å². The molecular formula is C36H21BN2. The van der Waals surface area contributed by atoms with Crippen molar-refractivity contribution in [3.8, 4) is 22.5 Å². The van der Waals surface area contributed by atoms with Gasteiger partial charge in [0.15, 0.2) is 0 Å². The highest BCUT2D eigenvalue weighted by atomic mass is 15.0. The molecular weight excluding hydrogens is 471 g/mol. The Morgan fingerprint density at radius 1 is 0.462 bits per heavy atom. The van der Waals surface area contributed by atoms with Gasteiger partial charge in [-0.05, 0) is 51.8 Å². The van der Waals surface area contributed by atoms with E-state index >= 15 is 0 Å². The summed E-state index contributed by atoms with van der Waals surface area (Å²) in [5.41, 5.74) is 14.6. The van der Waals surface area contributed by atoms with Crippen molar-refractivity contribution in [3.63, 3.8) is 0 Å². The molecule has 10 rings (SSSR count). The number of nitrogens with zero attached hydrogens (tertiary/aromatic N) is 2. The van der Waals surface area contributed by atoms with E-state index in [1.807, 2.05) is 0 Å². The van der Waals surface area contributed by atoms with E-state index in [1.165, 1.54) is 82.5 Å². The summed E-state index contributed by atoms with van der Waals surface area (Å²) in [5, 5.41) is 5.31. The molecule has 0 saturated heterocycles. The predicted molar refractivity (Wildman–Crippen MR) is 165 cm³/mol. The van der Waals surface area contributed by atoms with Crippen LogP contribution in [-0.4, -0.2) is 15.8 Å². The third-order valence-corrected chi connectivity index (χ3v) is 9.10. The van der Waals surface area contributed by atoms with Crippen molar-refractivity contribution in [2.24, 2.45) is 0 Å². The van der Waals surface area contributed by atoms with Crippen LogP contribution in [0.4, 0.5) is 0 Å². The van der Waals surface area contributed by atoms with Crippen LogP contribution in [0.25, 0.3) is 66.1 Å². The van der Waals surface area contributed by atoms with Crippen LogP contribution in [0.2, 0.25) is 0 Å². The fourth-order valence-corrected chi connectivity index (χ4v) is 7.68. The molecule has 39 heavy (non-hydrogen) atoms. The van der Waals surface area contributed by atoms with Crippen LogP contribution >= 0.6 is 0 Å². The molecule has 2 aliphatic heterocycles. The van der Waals surface area contributed by atoms with Gasteiger partial charge in [-0.25, -0.2) is 0 Å². The minimum atomic E-state index is 0.181. The van der Waals surface area contributed by atoms with Gasteiger partial charge in [0, 0.05) is 38.4 Å². The molecule has 8 aromatic rings. The van der Waals surface area contributed by atoms with Gasteiger partial charge < -0.3 is 9.13 Å². The molecule has 2 aromatic heterocycles. The zero-order chi connectivity index (χ0) is 25.2. The first kappa shape index (κ1) is 20.0. The fourth-order valence-electron chi connectivity index (χ4n) is 7.68. The Bertz CT molecular complexity index is 2340. The minimum Gasteiger partial charge on any atom is -0.310 e. The summed E-state index contributed by atoms with van der Waals surface area (Å²) in [6, 6.07) is 47.2. The molecule has 0 atom stereocenters. The summed E-state index contributed by atoms with van der Waals surface area (Å²) in [4.78, 5) is 0. The van der Waals surface area contributed by atoms with E-state index in [1.54, 1.807) is 0 Å². The van der Waals surface area contributed by atoms with Crippen LogP contribution in [0.3, 0.4) is 0 Å². The molecule has 0 spiro atoms. The van der Waals surface area contributed by atoms with Crippen molar-refractivity contribution in [2.75, 3.05) is 0 Å².